The van der Waals surface area contributed by atoms with E-state index in [-0.39, 0.29) is 5.75 Å². The van der Waals surface area contributed by atoms with Crippen molar-refractivity contribution in [3.63, 3.8) is 0 Å². The molecule has 0 aliphatic rings. The molecule has 0 saturated carbocycles. The lowest BCUT2D eigenvalue weighted by Crippen LogP contribution is -2.00. The van der Waals surface area contributed by atoms with Gasteiger partial charge in [0.2, 0.25) is 0 Å². The first-order valence-electron chi connectivity index (χ1n) is 5.25. The van der Waals surface area contributed by atoms with Gasteiger partial charge in [0.05, 0.1) is 5.02 Å². The fourth-order valence-electron chi connectivity index (χ4n) is 1.68. The van der Waals surface area contributed by atoms with Gasteiger partial charge in [-0.25, -0.2) is 0 Å². The van der Waals surface area contributed by atoms with Crippen LogP contribution in [0.4, 0.5) is 0 Å². The number of nitrogens with two attached hydrogens (primary N) is 1. The lowest BCUT2D eigenvalue weighted by Gasteiger charge is -2.12. The first kappa shape index (κ1) is 12.3. The van der Waals surface area contributed by atoms with Gasteiger partial charge in [-0.3, -0.25) is 0 Å². The van der Waals surface area contributed by atoms with Gasteiger partial charge in [0.15, 0.2) is 0 Å². The summed E-state index contributed by atoms with van der Waals surface area (Å²) < 4.78 is 0. The van der Waals surface area contributed by atoms with E-state index in [2.05, 4.69) is 0 Å². The molecule has 1 rings (SSSR count). The van der Waals surface area contributed by atoms with E-state index in [0.717, 1.165) is 36.0 Å². The van der Waals surface area contributed by atoms with E-state index in [4.69, 9.17) is 17.3 Å². The molecule has 0 aromatic heterocycles. The summed E-state index contributed by atoms with van der Waals surface area (Å²) in [6.45, 7) is 4.72. The van der Waals surface area contributed by atoms with Crippen LogP contribution in [0.1, 0.15) is 29.5 Å². The zero-order chi connectivity index (χ0) is 11.4. The average Bonchev–Trinajstić information content (AvgIpc) is 2.20. The molecule has 0 fully saturated rings. The van der Waals surface area contributed by atoms with E-state index >= 15 is 0 Å². The first-order valence-corrected chi connectivity index (χ1v) is 5.63. The summed E-state index contributed by atoms with van der Waals surface area (Å²) in [4.78, 5) is 0. The molecule has 0 spiro atoms. The first-order chi connectivity index (χ1) is 7.07. The van der Waals surface area contributed by atoms with Crippen molar-refractivity contribution in [3.8, 4) is 5.75 Å². The molecule has 1 aromatic rings. The standard InChI is InChI=1S/C12H18ClNO/c1-8-7-11(13)12(15)10(9(8)2)5-3-4-6-14/h7,15H,3-6,14H2,1-2H3. The minimum atomic E-state index is 0.233. The molecule has 0 bridgehead atoms. The van der Waals surface area contributed by atoms with E-state index in [1.54, 1.807) is 6.07 Å². The third-order valence-corrected chi connectivity index (χ3v) is 3.07. The molecular weight excluding hydrogens is 210 g/mol. The topological polar surface area (TPSA) is 46.2 Å². The lowest BCUT2D eigenvalue weighted by molar-refractivity contribution is 0.466. The molecular formula is C12H18ClNO. The summed E-state index contributed by atoms with van der Waals surface area (Å²) in [6.07, 6.45) is 2.81. The van der Waals surface area contributed by atoms with Crippen molar-refractivity contribution in [1.29, 1.82) is 0 Å². The average molecular weight is 228 g/mol. The second kappa shape index (κ2) is 5.38. The van der Waals surface area contributed by atoms with Gasteiger partial charge in [-0.2, -0.15) is 0 Å². The number of halogens is 1. The number of aromatic hydroxyl groups is 1. The number of benzene rings is 1. The Morgan fingerprint density at radius 3 is 2.60 bits per heavy atom. The van der Waals surface area contributed by atoms with Crippen LogP contribution in [0.25, 0.3) is 0 Å². The minimum Gasteiger partial charge on any atom is -0.506 e. The Morgan fingerprint density at radius 1 is 1.33 bits per heavy atom. The molecule has 0 aliphatic carbocycles. The highest BCUT2D eigenvalue weighted by atomic mass is 35.5. The van der Waals surface area contributed by atoms with Crippen molar-refractivity contribution < 1.29 is 5.11 Å². The third-order valence-electron chi connectivity index (χ3n) is 2.78. The monoisotopic (exact) mass is 227 g/mol. The molecule has 0 radical (unpaired) electrons. The molecule has 84 valence electrons. The van der Waals surface area contributed by atoms with Gasteiger partial charge in [0.25, 0.3) is 0 Å². The summed E-state index contributed by atoms with van der Waals surface area (Å²) in [6, 6.07) is 1.80. The fourth-order valence-corrected chi connectivity index (χ4v) is 1.96. The second-order valence-corrected chi connectivity index (χ2v) is 4.28. The van der Waals surface area contributed by atoms with Crippen molar-refractivity contribution in [2.75, 3.05) is 6.54 Å². The summed E-state index contributed by atoms with van der Waals surface area (Å²) in [5.74, 6) is 0.233. The Bertz CT molecular complexity index is 324. The molecule has 0 aliphatic heterocycles. The lowest BCUT2D eigenvalue weighted by atomic mass is 9.98. The highest BCUT2D eigenvalue weighted by Gasteiger charge is 2.11. The number of phenolic OH excluding ortho intramolecular Hbond substituents is 1. The van der Waals surface area contributed by atoms with Crippen LogP contribution in [-0.2, 0) is 6.42 Å². The van der Waals surface area contributed by atoms with Gasteiger partial charge in [-0.05, 0) is 62.4 Å². The van der Waals surface area contributed by atoms with E-state index in [1.807, 2.05) is 13.8 Å². The number of hydrogen-bond donors (Lipinski definition) is 2. The summed E-state index contributed by atoms with van der Waals surface area (Å²) in [5, 5.41) is 10.3. The summed E-state index contributed by atoms with van der Waals surface area (Å²) in [7, 11) is 0. The van der Waals surface area contributed by atoms with Gasteiger partial charge in [-0.15, -0.1) is 0 Å². The van der Waals surface area contributed by atoms with Crippen LogP contribution in [0.2, 0.25) is 5.02 Å². The third kappa shape index (κ3) is 2.86. The SMILES string of the molecule is Cc1cc(Cl)c(O)c(CCCCN)c1C. The maximum atomic E-state index is 9.84. The van der Waals surface area contributed by atoms with Crippen molar-refractivity contribution >= 4 is 11.6 Å². The van der Waals surface area contributed by atoms with Gasteiger partial charge in [0, 0.05) is 0 Å². The van der Waals surface area contributed by atoms with Crippen LogP contribution < -0.4 is 5.73 Å². The Labute approximate surface area is 96.1 Å². The largest absolute Gasteiger partial charge is 0.506 e. The van der Waals surface area contributed by atoms with Gasteiger partial charge >= 0.3 is 0 Å². The molecule has 0 unspecified atom stereocenters. The predicted molar refractivity (Wildman–Crippen MR) is 64.6 cm³/mol. The van der Waals surface area contributed by atoms with Crippen LogP contribution in [0.5, 0.6) is 5.75 Å². The maximum Gasteiger partial charge on any atom is 0.137 e. The van der Waals surface area contributed by atoms with Crippen LogP contribution in [-0.4, -0.2) is 11.7 Å². The van der Waals surface area contributed by atoms with Crippen molar-refractivity contribution in [2.24, 2.45) is 5.73 Å². The van der Waals surface area contributed by atoms with E-state index in [9.17, 15) is 5.11 Å². The van der Waals surface area contributed by atoms with Crippen LogP contribution in [0, 0.1) is 13.8 Å². The summed E-state index contributed by atoms with van der Waals surface area (Å²) in [5.41, 5.74) is 8.66. The predicted octanol–water partition coefficient (Wildman–Crippen LogP) is 2.94. The number of aryl methyl sites for hydroxylation is 1. The Morgan fingerprint density at radius 2 is 2.00 bits per heavy atom. The Hall–Kier alpha value is -0.730. The van der Waals surface area contributed by atoms with Crippen molar-refractivity contribution in [1.82, 2.24) is 0 Å². The zero-order valence-corrected chi connectivity index (χ0v) is 10.1. The van der Waals surface area contributed by atoms with Gasteiger partial charge in [-0.1, -0.05) is 11.6 Å². The molecule has 1 aromatic carbocycles. The Balaban J connectivity index is 2.94. The zero-order valence-electron chi connectivity index (χ0n) is 9.31. The van der Waals surface area contributed by atoms with Crippen molar-refractivity contribution in [2.45, 2.75) is 33.1 Å². The fraction of sp³-hybridized carbons (Fsp3) is 0.500. The van der Waals surface area contributed by atoms with Gasteiger partial charge < -0.3 is 10.8 Å². The highest BCUT2D eigenvalue weighted by Crippen LogP contribution is 2.33. The number of rotatable bonds is 4. The number of hydrogen-bond acceptors (Lipinski definition) is 2. The molecule has 0 atom stereocenters. The van der Waals surface area contributed by atoms with E-state index < -0.39 is 0 Å². The number of unbranched alkanes of at least 4 members (excludes halogenated alkanes) is 1. The van der Waals surface area contributed by atoms with Crippen LogP contribution >= 0.6 is 11.6 Å². The molecule has 3 N–H and O–H groups in total. The quantitative estimate of drug-likeness (QED) is 0.777. The Kier molecular flexibility index (Phi) is 4.43. The molecule has 3 heteroatoms. The smallest absolute Gasteiger partial charge is 0.137 e. The molecule has 0 heterocycles. The molecule has 0 amide bonds. The van der Waals surface area contributed by atoms with Gasteiger partial charge in [0.1, 0.15) is 5.75 Å². The second-order valence-electron chi connectivity index (χ2n) is 3.87. The van der Waals surface area contributed by atoms with E-state index in [1.165, 1.54) is 0 Å². The normalized spacial score (nSPS) is 10.7. The van der Waals surface area contributed by atoms with Crippen molar-refractivity contribution in [3.05, 3.63) is 27.8 Å². The molecule has 0 saturated heterocycles. The number of phenols is 1. The minimum absolute atomic E-state index is 0.233. The van der Waals surface area contributed by atoms with E-state index in [0.29, 0.717) is 11.6 Å². The maximum absolute atomic E-state index is 9.84. The summed E-state index contributed by atoms with van der Waals surface area (Å²) >= 11 is 5.93. The molecule has 15 heavy (non-hydrogen) atoms. The highest BCUT2D eigenvalue weighted by molar-refractivity contribution is 6.32. The van der Waals surface area contributed by atoms with Crippen LogP contribution in [0.15, 0.2) is 6.07 Å². The molecule has 2 nitrogen and oxygen atoms in total. The van der Waals surface area contributed by atoms with Crippen LogP contribution in [0.3, 0.4) is 0 Å².